The topological polar surface area (TPSA) is 69.7 Å². The van der Waals surface area contributed by atoms with Gasteiger partial charge in [-0.3, -0.25) is 14.9 Å². The van der Waals surface area contributed by atoms with Crippen molar-refractivity contribution >= 4 is 52.5 Å². The SMILES string of the molecule is CC1=CC(C)(C)N(C)c2ccc(/C=C3/C(=O)NC(=O)N(c4cccc(Cl)c4)C3=O)cc21. The van der Waals surface area contributed by atoms with Crippen molar-refractivity contribution in [2.24, 2.45) is 0 Å². The van der Waals surface area contributed by atoms with Crippen LogP contribution >= 0.6 is 11.6 Å². The highest BCUT2D eigenvalue weighted by molar-refractivity contribution is 6.39. The van der Waals surface area contributed by atoms with E-state index < -0.39 is 17.8 Å². The predicted molar refractivity (Wildman–Crippen MR) is 123 cm³/mol. The van der Waals surface area contributed by atoms with Crippen molar-refractivity contribution in [2.45, 2.75) is 26.3 Å². The minimum atomic E-state index is -0.803. The summed E-state index contributed by atoms with van der Waals surface area (Å²) in [4.78, 5) is 41.0. The molecule has 0 spiro atoms. The summed E-state index contributed by atoms with van der Waals surface area (Å²) in [6, 6.07) is 11.3. The van der Waals surface area contributed by atoms with Gasteiger partial charge in [-0.25, -0.2) is 9.69 Å². The summed E-state index contributed by atoms with van der Waals surface area (Å²) in [7, 11) is 2.03. The highest BCUT2D eigenvalue weighted by Gasteiger charge is 2.37. The summed E-state index contributed by atoms with van der Waals surface area (Å²) in [5.41, 5.74) is 3.97. The number of urea groups is 1. The Balaban J connectivity index is 1.75. The third kappa shape index (κ3) is 3.64. The van der Waals surface area contributed by atoms with E-state index in [0.29, 0.717) is 16.3 Å². The van der Waals surface area contributed by atoms with Crippen molar-refractivity contribution < 1.29 is 14.4 Å². The summed E-state index contributed by atoms with van der Waals surface area (Å²) in [6.45, 7) is 6.33. The third-order valence-corrected chi connectivity index (χ3v) is 5.96. The number of fused-ring (bicyclic) bond motifs is 1. The number of nitrogens with zero attached hydrogens (tertiary/aromatic N) is 2. The van der Waals surface area contributed by atoms with Crippen molar-refractivity contribution in [3.05, 3.63) is 70.3 Å². The molecule has 158 valence electrons. The fraction of sp³-hybridized carbons (Fsp3) is 0.208. The molecule has 0 unspecified atom stereocenters. The molecule has 0 bridgehead atoms. The number of carbonyl (C=O) groups excluding carboxylic acids is 3. The van der Waals surface area contributed by atoms with E-state index >= 15 is 0 Å². The Morgan fingerprint density at radius 3 is 2.52 bits per heavy atom. The van der Waals surface area contributed by atoms with Crippen molar-refractivity contribution in [1.29, 1.82) is 0 Å². The number of anilines is 2. The first-order chi connectivity index (χ1) is 14.6. The van der Waals surface area contributed by atoms with E-state index in [9.17, 15) is 14.4 Å². The van der Waals surface area contributed by atoms with Crippen molar-refractivity contribution in [3.63, 3.8) is 0 Å². The summed E-state index contributed by atoms with van der Waals surface area (Å²) in [5.74, 6) is -1.42. The maximum absolute atomic E-state index is 13.1. The molecule has 1 fully saturated rings. The molecule has 2 aliphatic rings. The van der Waals surface area contributed by atoms with E-state index in [1.54, 1.807) is 18.2 Å². The van der Waals surface area contributed by atoms with Crippen LogP contribution in [0.2, 0.25) is 5.02 Å². The number of halogens is 1. The number of imide groups is 2. The largest absolute Gasteiger partial charge is 0.366 e. The molecule has 31 heavy (non-hydrogen) atoms. The highest BCUT2D eigenvalue weighted by atomic mass is 35.5. The average molecular weight is 436 g/mol. The lowest BCUT2D eigenvalue weighted by atomic mass is 9.88. The standard InChI is InChI=1S/C24H22ClN3O3/c1-14-13-24(2,3)27(4)20-9-8-15(10-18(14)20)11-19-21(29)26-23(31)28(22(19)30)17-7-5-6-16(25)12-17/h5-13H,1-4H3,(H,26,29,31)/b19-11-. The average Bonchev–Trinajstić information content (AvgIpc) is 2.69. The van der Waals surface area contributed by atoms with E-state index in [2.05, 4.69) is 30.1 Å². The maximum Gasteiger partial charge on any atom is 0.335 e. The number of barbiturate groups is 1. The number of carbonyl (C=O) groups is 3. The first-order valence-corrected chi connectivity index (χ1v) is 10.2. The lowest BCUT2D eigenvalue weighted by Crippen LogP contribution is -2.54. The molecule has 0 saturated carbocycles. The summed E-state index contributed by atoms with van der Waals surface area (Å²) >= 11 is 6.01. The number of hydrogen-bond acceptors (Lipinski definition) is 4. The number of benzene rings is 2. The number of rotatable bonds is 2. The minimum Gasteiger partial charge on any atom is -0.366 e. The van der Waals surface area contributed by atoms with Gasteiger partial charge in [-0.2, -0.15) is 0 Å². The molecule has 0 radical (unpaired) electrons. The number of likely N-dealkylation sites (N-methyl/N-ethyl adjacent to an activating group) is 1. The van der Waals surface area contributed by atoms with Crippen LogP contribution in [0.3, 0.4) is 0 Å². The fourth-order valence-corrected chi connectivity index (χ4v) is 4.12. The van der Waals surface area contributed by atoms with Crippen LogP contribution in [0, 0.1) is 0 Å². The second-order valence-corrected chi connectivity index (χ2v) is 8.69. The molecule has 0 aliphatic carbocycles. The van der Waals surface area contributed by atoms with Gasteiger partial charge in [0.25, 0.3) is 11.8 Å². The van der Waals surface area contributed by atoms with Crippen LogP contribution in [0.15, 0.2) is 54.1 Å². The Hall–Kier alpha value is -3.38. The van der Waals surface area contributed by atoms with Crippen LogP contribution in [0.4, 0.5) is 16.2 Å². The molecule has 1 N–H and O–H groups in total. The van der Waals surface area contributed by atoms with Crippen molar-refractivity contribution in [1.82, 2.24) is 5.32 Å². The third-order valence-electron chi connectivity index (χ3n) is 5.72. The zero-order chi connectivity index (χ0) is 22.5. The predicted octanol–water partition coefficient (Wildman–Crippen LogP) is 4.64. The quantitative estimate of drug-likeness (QED) is 0.551. The molecule has 1 saturated heterocycles. The Kier molecular flexibility index (Phi) is 4.98. The summed E-state index contributed by atoms with van der Waals surface area (Å²) in [6.07, 6.45) is 3.69. The molecule has 4 amide bonds. The van der Waals surface area contributed by atoms with E-state index in [0.717, 1.165) is 21.7 Å². The zero-order valence-corrected chi connectivity index (χ0v) is 18.4. The highest BCUT2D eigenvalue weighted by Crippen LogP contribution is 2.38. The van der Waals surface area contributed by atoms with Crippen LogP contribution in [0.25, 0.3) is 11.6 Å². The summed E-state index contributed by atoms with van der Waals surface area (Å²) in [5, 5.41) is 2.61. The first kappa shape index (κ1) is 20.9. The normalized spacial score (nSPS) is 19.3. The Labute approximate surface area is 185 Å². The lowest BCUT2D eigenvalue weighted by molar-refractivity contribution is -0.122. The molecule has 4 rings (SSSR count). The second-order valence-electron chi connectivity index (χ2n) is 8.25. The van der Waals surface area contributed by atoms with Gasteiger partial charge in [0.1, 0.15) is 5.57 Å². The second kappa shape index (κ2) is 7.39. The van der Waals surface area contributed by atoms with Crippen LogP contribution < -0.4 is 15.1 Å². The monoisotopic (exact) mass is 435 g/mol. The number of allylic oxidation sites excluding steroid dienone is 1. The first-order valence-electron chi connectivity index (χ1n) is 9.83. The van der Waals surface area contributed by atoms with Gasteiger partial charge < -0.3 is 4.90 Å². The van der Waals surface area contributed by atoms with Gasteiger partial charge in [-0.05, 0) is 68.3 Å². The van der Waals surface area contributed by atoms with E-state index in [1.807, 2.05) is 32.2 Å². The Morgan fingerprint density at radius 1 is 1.06 bits per heavy atom. The molecule has 7 heteroatoms. The molecular weight excluding hydrogens is 414 g/mol. The van der Waals surface area contributed by atoms with Gasteiger partial charge in [-0.1, -0.05) is 29.8 Å². The molecule has 2 aromatic rings. The van der Waals surface area contributed by atoms with E-state index in [1.165, 1.54) is 12.1 Å². The van der Waals surface area contributed by atoms with Crippen molar-refractivity contribution in [3.8, 4) is 0 Å². The molecule has 0 aromatic heterocycles. The molecule has 2 heterocycles. The van der Waals surface area contributed by atoms with Gasteiger partial charge in [0, 0.05) is 23.3 Å². The molecular formula is C24H22ClN3O3. The van der Waals surface area contributed by atoms with Crippen LogP contribution in [0.1, 0.15) is 31.9 Å². The van der Waals surface area contributed by atoms with Gasteiger partial charge >= 0.3 is 6.03 Å². The Bertz CT molecular complexity index is 1200. The van der Waals surface area contributed by atoms with E-state index in [4.69, 9.17) is 11.6 Å². The molecule has 2 aromatic carbocycles. The van der Waals surface area contributed by atoms with Crippen LogP contribution in [-0.2, 0) is 9.59 Å². The lowest BCUT2D eigenvalue weighted by Gasteiger charge is -2.40. The van der Waals surface area contributed by atoms with Gasteiger partial charge in [-0.15, -0.1) is 0 Å². The summed E-state index contributed by atoms with van der Waals surface area (Å²) < 4.78 is 0. The van der Waals surface area contributed by atoms with Crippen molar-refractivity contribution in [2.75, 3.05) is 16.8 Å². The maximum atomic E-state index is 13.1. The van der Waals surface area contributed by atoms with Gasteiger partial charge in [0.2, 0.25) is 0 Å². The smallest absolute Gasteiger partial charge is 0.335 e. The van der Waals surface area contributed by atoms with Gasteiger partial charge in [0.15, 0.2) is 0 Å². The van der Waals surface area contributed by atoms with E-state index in [-0.39, 0.29) is 11.1 Å². The molecule has 6 nitrogen and oxygen atoms in total. The number of amides is 4. The minimum absolute atomic E-state index is 0.117. The zero-order valence-electron chi connectivity index (χ0n) is 17.7. The molecule has 0 atom stereocenters. The number of hydrogen-bond donors (Lipinski definition) is 1. The van der Waals surface area contributed by atoms with Crippen LogP contribution in [0.5, 0.6) is 0 Å². The van der Waals surface area contributed by atoms with Crippen LogP contribution in [-0.4, -0.2) is 30.4 Å². The Morgan fingerprint density at radius 2 is 1.81 bits per heavy atom. The number of nitrogens with one attached hydrogen (secondary N) is 1. The van der Waals surface area contributed by atoms with Gasteiger partial charge in [0.05, 0.1) is 11.2 Å². The fourth-order valence-electron chi connectivity index (χ4n) is 3.94. The molecule has 2 aliphatic heterocycles.